The van der Waals surface area contributed by atoms with Gasteiger partial charge in [0.15, 0.2) is 0 Å². The van der Waals surface area contributed by atoms with E-state index in [0.29, 0.717) is 10.5 Å². The zero-order chi connectivity index (χ0) is 12.6. The number of aliphatic hydroxyl groups is 1. The van der Waals surface area contributed by atoms with Gasteiger partial charge in [-0.25, -0.2) is 4.39 Å². The minimum absolute atomic E-state index is 0.294. The molecule has 5 heteroatoms. The zero-order valence-electron chi connectivity index (χ0n) is 9.70. The lowest BCUT2D eigenvalue weighted by molar-refractivity contribution is 0.0781. The van der Waals surface area contributed by atoms with E-state index >= 15 is 0 Å². The molecule has 0 radical (unpaired) electrons. The van der Waals surface area contributed by atoms with Gasteiger partial charge in [-0.3, -0.25) is 9.50 Å². The Labute approximate surface area is 95.9 Å². The van der Waals surface area contributed by atoms with Crippen LogP contribution in [-0.2, 0) is 15.2 Å². The lowest BCUT2D eigenvalue weighted by atomic mass is 9.99. The van der Waals surface area contributed by atoms with Gasteiger partial charge in [-0.15, -0.1) is 0 Å². The molecule has 1 rings (SSSR count). The molecule has 0 aliphatic heterocycles. The highest BCUT2D eigenvalue weighted by Gasteiger charge is 2.18. The predicted octanol–water partition coefficient (Wildman–Crippen LogP) is 1.69. The van der Waals surface area contributed by atoms with E-state index in [1.54, 1.807) is 19.9 Å². The Morgan fingerprint density at radius 1 is 1.50 bits per heavy atom. The highest BCUT2D eigenvalue weighted by atomic mass is 32.2. The maximum Gasteiger partial charge on any atom is 0.138 e. The number of nitrogens with two attached hydrogens (primary N) is 1. The monoisotopic (exact) mass is 244 g/mol. The summed E-state index contributed by atoms with van der Waals surface area (Å²) in [6.07, 6.45) is 0. The van der Waals surface area contributed by atoms with Crippen molar-refractivity contribution in [2.24, 2.45) is 9.50 Å². The van der Waals surface area contributed by atoms with E-state index in [1.165, 1.54) is 19.2 Å². The highest BCUT2D eigenvalue weighted by Crippen LogP contribution is 2.23. The van der Waals surface area contributed by atoms with Crippen LogP contribution in [0.5, 0.6) is 0 Å². The Morgan fingerprint density at radius 3 is 2.44 bits per heavy atom. The normalized spacial score (nSPS) is 15.6. The average Bonchev–Trinajstić information content (AvgIpc) is 2.16. The molecular weight excluding hydrogens is 227 g/mol. The summed E-state index contributed by atoms with van der Waals surface area (Å²) in [5.74, 6) is 3.23. The molecular formula is C11H17FN2OS. The first-order valence-corrected chi connectivity index (χ1v) is 6.58. The Morgan fingerprint density at radius 2 is 2.06 bits per heavy atom. The fourth-order valence-electron chi connectivity index (χ4n) is 1.27. The summed E-state index contributed by atoms with van der Waals surface area (Å²) < 4.78 is 17.7. The third-order valence-electron chi connectivity index (χ3n) is 2.34. The molecule has 1 unspecified atom stereocenters. The van der Waals surface area contributed by atoms with E-state index in [9.17, 15) is 9.50 Å². The molecule has 0 fully saturated rings. The molecule has 0 saturated carbocycles. The molecule has 90 valence electrons. The van der Waals surface area contributed by atoms with Gasteiger partial charge in [0.25, 0.3) is 0 Å². The van der Waals surface area contributed by atoms with Crippen LogP contribution in [0.25, 0.3) is 0 Å². The van der Waals surface area contributed by atoms with Gasteiger partial charge >= 0.3 is 0 Å². The SMILES string of the molecule is C=S(N)(=NC)c1ccc(C(C)(C)O)cc1F. The van der Waals surface area contributed by atoms with Gasteiger partial charge in [0.2, 0.25) is 0 Å². The van der Waals surface area contributed by atoms with Crippen molar-refractivity contribution in [1.82, 2.24) is 0 Å². The molecule has 0 aromatic heterocycles. The van der Waals surface area contributed by atoms with Gasteiger partial charge in [0, 0.05) is 7.05 Å². The standard InChI is InChI=1S/C11H17FN2OS/c1-11(2,15)8-5-6-10(9(12)7-8)16(4,13)14-3/h5-7,15H,4H2,1-3H3,(H2,13,14). The van der Waals surface area contributed by atoms with Crippen LogP contribution in [0.3, 0.4) is 0 Å². The van der Waals surface area contributed by atoms with Gasteiger partial charge in [-0.2, -0.15) is 0 Å². The third kappa shape index (κ3) is 2.61. The molecule has 0 amide bonds. The molecule has 0 aliphatic rings. The largest absolute Gasteiger partial charge is 0.386 e. The number of halogens is 1. The molecule has 16 heavy (non-hydrogen) atoms. The summed E-state index contributed by atoms with van der Waals surface area (Å²) in [7, 11) is -0.653. The number of nitrogens with zero attached hydrogens (tertiary/aromatic N) is 1. The van der Waals surface area contributed by atoms with Crippen LogP contribution in [0.4, 0.5) is 4.39 Å². The molecule has 1 aromatic carbocycles. The van der Waals surface area contributed by atoms with Crippen LogP contribution >= 0.6 is 0 Å². The van der Waals surface area contributed by atoms with Crippen LogP contribution in [0, 0.1) is 5.82 Å². The van der Waals surface area contributed by atoms with Crippen molar-refractivity contribution in [2.75, 3.05) is 7.05 Å². The minimum atomic E-state index is -2.17. The molecule has 3 nitrogen and oxygen atoms in total. The van der Waals surface area contributed by atoms with Crippen molar-refractivity contribution in [3.63, 3.8) is 0 Å². The van der Waals surface area contributed by atoms with Crippen molar-refractivity contribution >= 4 is 15.5 Å². The van der Waals surface area contributed by atoms with E-state index in [0.717, 1.165) is 0 Å². The smallest absolute Gasteiger partial charge is 0.138 e. The first kappa shape index (κ1) is 13.2. The van der Waals surface area contributed by atoms with Crippen molar-refractivity contribution < 1.29 is 9.50 Å². The van der Waals surface area contributed by atoms with E-state index in [4.69, 9.17) is 5.14 Å². The number of rotatable bonds is 2. The van der Waals surface area contributed by atoms with E-state index in [1.807, 2.05) is 0 Å². The summed E-state index contributed by atoms with van der Waals surface area (Å²) in [5.41, 5.74) is -0.573. The Hall–Kier alpha value is -0.910. The summed E-state index contributed by atoms with van der Waals surface area (Å²) >= 11 is 0. The number of hydrogen-bond acceptors (Lipinski definition) is 2. The average molecular weight is 244 g/mol. The van der Waals surface area contributed by atoms with E-state index in [2.05, 4.69) is 10.2 Å². The molecule has 1 aromatic rings. The highest BCUT2D eigenvalue weighted by molar-refractivity contribution is 8.00. The Bertz CT molecular complexity index is 511. The summed E-state index contributed by atoms with van der Waals surface area (Å²) in [6.45, 7) is 3.19. The lowest BCUT2D eigenvalue weighted by Crippen LogP contribution is -2.18. The predicted molar refractivity (Wildman–Crippen MR) is 66.9 cm³/mol. The molecule has 0 saturated heterocycles. The van der Waals surface area contributed by atoms with Crippen molar-refractivity contribution in [3.05, 3.63) is 29.6 Å². The topological polar surface area (TPSA) is 58.6 Å². The van der Waals surface area contributed by atoms with Crippen LogP contribution in [0.15, 0.2) is 27.5 Å². The van der Waals surface area contributed by atoms with Crippen LogP contribution < -0.4 is 5.14 Å². The number of hydrogen-bond donors (Lipinski definition) is 2. The first-order valence-electron chi connectivity index (χ1n) is 4.76. The first-order chi connectivity index (χ1) is 7.18. The quantitative estimate of drug-likeness (QED) is 0.778. The molecule has 0 aliphatic carbocycles. The van der Waals surface area contributed by atoms with Crippen LogP contribution in [0.1, 0.15) is 19.4 Å². The second kappa shape index (κ2) is 4.16. The van der Waals surface area contributed by atoms with E-state index < -0.39 is 21.0 Å². The van der Waals surface area contributed by atoms with Crippen LogP contribution in [-0.4, -0.2) is 18.0 Å². The van der Waals surface area contributed by atoms with Crippen molar-refractivity contribution in [2.45, 2.75) is 24.3 Å². The maximum absolute atomic E-state index is 13.8. The molecule has 3 N–H and O–H groups in total. The Balaban J connectivity index is 3.38. The third-order valence-corrected chi connectivity index (χ3v) is 4.09. The molecule has 0 spiro atoms. The summed E-state index contributed by atoms with van der Waals surface area (Å²) in [5, 5.41) is 15.5. The zero-order valence-corrected chi connectivity index (χ0v) is 10.5. The molecule has 0 bridgehead atoms. The lowest BCUT2D eigenvalue weighted by Gasteiger charge is -2.19. The number of benzene rings is 1. The van der Waals surface area contributed by atoms with Gasteiger partial charge < -0.3 is 5.11 Å². The van der Waals surface area contributed by atoms with Gasteiger partial charge in [0.05, 0.1) is 10.5 Å². The summed E-state index contributed by atoms with van der Waals surface area (Å²) in [4.78, 5) is 0.294. The van der Waals surface area contributed by atoms with Crippen LogP contribution in [0.2, 0.25) is 0 Å². The van der Waals surface area contributed by atoms with Gasteiger partial charge in [0.1, 0.15) is 5.82 Å². The Kier molecular flexibility index (Phi) is 3.42. The second-order valence-electron chi connectivity index (χ2n) is 4.14. The fourth-order valence-corrected chi connectivity index (χ4v) is 2.16. The van der Waals surface area contributed by atoms with Crippen molar-refractivity contribution in [3.8, 4) is 0 Å². The second-order valence-corrected chi connectivity index (χ2v) is 6.46. The van der Waals surface area contributed by atoms with Gasteiger partial charge in [-0.1, -0.05) is 15.7 Å². The maximum atomic E-state index is 13.8. The summed E-state index contributed by atoms with van der Waals surface area (Å²) in [6, 6.07) is 4.46. The minimum Gasteiger partial charge on any atom is -0.386 e. The molecule has 0 heterocycles. The van der Waals surface area contributed by atoms with Gasteiger partial charge in [-0.05, 0) is 37.4 Å². The van der Waals surface area contributed by atoms with E-state index in [-0.39, 0.29) is 0 Å². The molecule has 1 atom stereocenters. The van der Waals surface area contributed by atoms with Crippen molar-refractivity contribution in [1.29, 1.82) is 0 Å². The fraction of sp³-hybridized carbons (Fsp3) is 0.364.